The number of aryl methyl sites for hydroxylation is 1. The fourth-order valence-corrected chi connectivity index (χ4v) is 4.17. The van der Waals surface area contributed by atoms with E-state index in [1.54, 1.807) is 20.8 Å². The third-order valence-electron chi connectivity index (χ3n) is 4.24. The molecular formula is C17H23FN2O4S. The summed E-state index contributed by atoms with van der Waals surface area (Å²) in [5, 5.41) is 0. The van der Waals surface area contributed by atoms with Gasteiger partial charge in [0.1, 0.15) is 11.9 Å². The second kappa shape index (κ2) is 7.51. The highest BCUT2D eigenvalue weighted by Crippen LogP contribution is 2.20. The number of hydrogen-bond acceptors (Lipinski definition) is 4. The van der Waals surface area contributed by atoms with Gasteiger partial charge in [-0.2, -0.15) is 0 Å². The van der Waals surface area contributed by atoms with Crippen LogP contribution in [0.2, 0.25) is 0 Å². The highest BCUT2D eigenvalue weighted by Gasteiger charge is 2.36. The lowest BCUT2D eigenvalue weighted by Gasteiger charge is -2.25. The number of likely N-dealkylation sites (tertiary alicyclic amines) is 1. The van der Waals surface area contributed by atoms with Crippen LogP contribution in [0.15, 0.2) is 18.2 Å². The zero-order chi connectivity index (χ0) is 18.8. The van der Waals surface area contributed by atoms with E-state index in [0.717, 1.165) is 0 Å². The summed E-state index contributed by atoms with van der Waals surface area (Å²) in [4.78, 5) is 26.0. The average Bonchev–Trinajstić information content (AvgIpc) is 2.98. The number of benzene rings is 1. The quantitative estimate of drug-likeness (QED) is 0.856. The number of nitrogens with zero attached hydrogens (tertiary/aromatic N) is 1. The molecule has 0 aliphatic carbocycles. The first-order valence-corrected chi connectivity index (χ1v) is 9.86. The van der Waals surface area contributed by atoms with Crippen LogP contribution in [0.3, 0.4) is 0 Å². The number of carbonyl (C=O) groups is 2. The van der Waals surface area contributed by atoms with Crippen LogP contribution in [0, 0.1) is 18.7 Å². The summed E-state index contributed by atoms with van der Waals surface area (Å²) in [7, 11) is -3.94. The molecule has 0 saturated carbocycles. The average molecular weight is 370 g/mol. The first kappa shape index (κ1) is 19.4. The summed E-state index contributed by atoms with van der Waals surface area (Å²) in [5.74, 6) is -1.98. The van der Waals surface area contributed by atoms with Gasteiger partial charge in [-0.3, -0.25) is 14.3 Å². The van der Waals surface area contributed by atoms with Crippen LogP contribution in [-0.2, 0) is 25.4 Å². The van der Waals surface area contributed by atoms with Gasteiger partial charge in [-0.25, -0.2) is 12.8 Å². The lowest BCUT2D eigenvalue weighted by Crippen LogP contribution is -2.48. The van der Waals surface area contributed by atoms with E-state index in [1.807, 2.05) is 0 Å². The van der Waals surface area contributed by atoms with Crippen LogP contribution >= 0.6 is 0 Å². The summed E-state index contributed by atoms with van der Waals surface area (Å²) in [6, 6.07) is 3.05. The van der Waals surface area contributed by atoms with Gasteiger partial charge >= 0.3 is 0 Å². The van der Waals surface area contributed by atoms with Gasteiger partial charge in [0.15, 0.2) is 0 Å². The highest BCUT2D eigenvalue weighted by molar-refractivity contribution is 7.89. The molecule has 2 amide bonds. The second-order valence-electron chi connectivity index (χ2n) is 6.64. The predicted molar refractivity (Wildman–Crippen MR) is 91.5 cm³/mol. The van der Waals surface area contributed by atoms with Gasteiger partial charge in [0, 0.05) is 12.5 Å². The second-order valence-corrected chi connectivity index (χ2v) is 8.36. The van der Waals surface area contributed by atoms with Crippen molar-refractivity contribution in [3.05, 3.63) is 35.1 Å². The predicted octanol–water partition coefficient (Wildman–Crippen LogP) is 1.73. The number of hydrogen-bond donors (Lipinski definition) is 1. The number of amides is 2. The molecule has 0 spiro atoms. The summed E-state index contributed by atoms with van der Waals surface area (Å²) >= 11 is 0. The highest BCUT2D eigenvalue weighted by atomic mass is 32.2. The van der Waals surface area contributed by atoms with Gasteiger partial charge in [0.2, 0.25) is 15.9 Å². The Kier molecular flexibility index (Phi) is 5.82. The maximum Gasteiger partial charge on any atom is 0.256 e. The fourth-order valence-electron chi connectivity index (χ4n) is 2.92. The van der Waals surface area contributed by atoms with E-state index in [-0.39, 0.29) is 11.8 Å². The number of nitrogens with one attached hydrogen (secondary N) is 1. The van der Waals surface area contributed by atoms with E-state index in [1.165, 1.54) is 23.1 Å². The zero-order valence-electron chi connectivity index (χ0n) is 14.6. The molecule has 0 aromatic heterocycles. The maximum absolute atomic E-state index is 13.1. The van der Waals surface area contributed by atoms with Crippen molar-refractivity contribution in [3.63, 3.8) is 0 Å². The maximum atomic E-state index is 13.1. The van der Waals surface area contributed by atoms with Crippen LogP contribution < -0.4 is 4.72 Å². The minimum atomic E-state index is -3.94. The van der Waals surface area contributed by atoms with Crippen molar-refractivity contribution in [2.45, 2.75) is 45.4 Å². The van der Waals surface area contributed by atoms with Crippen molar-refractivity contribution in [2.75, 3.05) is 6.54 Å². The fraction of sp³-hybridized carbons (Fsp3) is 0.529. The van der Waals surface area contributed by atoms with Crippen molar-refractivity contribution >= 4 is 21.8 Å². The van der Waals surface area contributed by atoms with Crippen molar-refractivity contribution in [1.29, 1.82) is 0 Å². The minimum absolute atomic E-state index is 0.163. The van der Waals surface area contributed by atoms with Crippen molar-refractivity contribution in [2.24, 2.45) is 5.92 Å². The molecular weight excluding hydrogens is 347 g/mol. The summed E-state index contributed by atoms with van der Waals surface area (Å²) in [6.07, 6.45) is 1.10. The zero-order valence-corrected chi connectivity index (χ0v) is 15.4. The molecule has 1 aromatic rings. The summed E-state index contributed by atoms with van der Waals surface area (Å²) in [5.41, 5.74) is 0.915. The van der Waals surface area contributed by atoms with E-state index in [2.05, 4.69) is 4.72 Å². The molecule has 2 rings (SSSR count). The Balaban J connectivity index is 2.09. The van der Waals surface area contributed by atoms with E-state index in [9.17, 15) is 22.4 Å². The van der Waals surface area contributed by atoms with Crippen molar-refractivity contribution in [1.82, 2.24) is 9.62 Å². The smallest absolute Gasteiger partial charge is 0.256 e. The van der Waals surface area contributed by atoms with E-state index < -0.39 is 33.5 Å². The van der Waals surface area contributed by atoms with Crippen LogP contribution in [-0.4, -0.2) is 37.7 Å². The van der Waals surface area contributed by atoms with Crippen LogP contribution in [0.1, 0.15) is 37.8 Å². The lowest BCUT2D eigenvalue weighted by atomic mass is 10.1. The molecule has 1 aliphatic heterocycles. The molecule has 0 radical (unpaired) electrons. The number of sulfonamides is 1. The number of halogens is 1. The van der Waals surface area contributed by atoms with Gasteiger partial charge in [-0.1, -0.05) is 19.9 Å². The molecule has 1 N–H and O–H groups in total. The molecule has 1 fully saturated rings. The molecule has 6 nitrogen and oxygen atoms in total. The van der Waals surface area contributed by atoms with Crippen molar-refractivity contribution < 1.29 is 22.4 Å². The Morgan fingerprint density at radius 2 is 2.04 bits per heavy atom. The molecule has 1 saturated heterocycles. The number of carbonyl (C=O) groups excluding carboxylic acids is 2. The first-order valence-electron chi connectivity index (χ1n) is 8.20. The Hall–Kier alpha value is -1.96. The molecule has 1 heterocycles. The van der Waals surface area contributed by atoms with Gasteiger partial charge in [0.25, 0.3) is 5.91 Å². The first-order chi connectivity index (χ1) is 11.6. The third kappa shape index (κ3) is 4.78. The molecule has 1 aromatic carbocycles. The van der Waals surface area contributed by atoms with Crippen LogP contribution in [0.5, 0.6) is 0 Å². The Morgan fingerprint density at radius 3 is 2.64 bits per heavy atom. The van der Waals surface area contributed by atoms with E-state index in [4.69, 9.17) is 0 Å². The molecule has 1 atom stereocenters. The van der Waals surface area contributed by atoms with Crippen molar-refractivity contribution in [3.8, 4) is 0 Å². The number of rotatable bonds is 5. The Morgan fingerprint density at radius 1 is 1.36 bits per heavy atom. The molecule has 25 heavy (non-hydrogen) atoms. The molecule has 138 valence electrons. The van der Waals surface area contributed by atoms with E-state index >= 15 is 0 Å². The normalized spacial score (nSPS) is 17.8. The van der Waals surface area contributed by atoms with Gasteiger partial charge < -0.3 is 4.90 Å². The largest absolute Gasteiger partial charge is 0.330 e. The van der Waals surface area contributed by atoms with Crippen LogP contribution in [0.25, 0.3) is 0 Å². The third-order valence-corrected chi connectivity index (χ3v) is 5.44. The SMILES string of the molecule is Cc1cc(F)ccc1CS(=O)(=O)NC(=O)[C@H]1CCCN1C(=O)C(C)C. The summed E-state index contributed by atoms with van der Waals surface area (Å²) < 4.78 is 39.8. The molecule has 0 bridgehead atoms. The Bertz CT molecular complexity index is 777. The molecule has 1 aliphatic rings. The summed E-state index contributed by atoms with van der Waals surface area (Å²) in [6.45, 7) is 5.54. The van der Waals surface area contributed by atoms with E-state index in [0.29, 0.717) is 30.5 Å². The molecule has 8 heteroatoms. The lowest BCUT2D eigenvalue weighted by molar-refractivity contribution is -0.140. The standard InChI is InChI=1S/C17H23FN2O4S/c1-11(2)17(22)20-8-4-5-15(20)16(21)19-25(23,24)10-13-6-7-14(18)9-12(13)3/h6-7,9,11,15H,4-5,8,10H2,1-3H3,(H,19,21)/t15-/m1/s1. The molecule has 0 unspecified atom stereocenters. The monoisotopic (exact) mass is 370 g/mol. The topological polar surface area (TPSA) is 83.6 Å². The van der Waals surface area contributed by atoms with Gasteiger partial charge in [0.05, 0.1) is 5.75 Å². The van der Waals surface area contributed by atoms with Gasteiger partial charge in [-0.15, -0.1) is 0 Å². The van der Waals surface area contributed by atoms with Gasteiger partial charge in [-0.05, 0) is 43.0 Å². The Labute approximate surface area is 147 Å². The minimum Gasteiger partial charge on any atom is -0.330 e. The van der Waals surface area contributed by atoms with Crippen LogP contribution in [0.4, 0.5) is 4.39 Å².